The summed E-state index contributed by atoms with van der Waals surface area (Å²) in [7, 11) is -3.49. The molecular formula is C12H15N3O3S2. The lowest BCUT2D eigenvalue weighted by molar-refractivity contribution is -0.122. The van der Waals surface area contributed by atoms with Gasteiger partial charge in [0.05, 0.1) is 12.3 Å². The summed E-state index contributed by atoms with van der Waals surface area (Å²) in [6.45, 7) is 0.533. The highest BCUT2D eigenvalue weighted by molar-refractivity contribution is 7.88. The molecule has 1 amide bonds. The van der Waals surface area contributed by atoms with Gasteiger partial charge in [0, 0.05) is 18.7 Å². The van der Waals surface area contributed by atoms with Crippen molar-refractivity contribution in [2.75, 3.05) is 19.6 Å². The number of hydrogen-bond donors (Lipinski definition) is 2. The first kappa shape index (κ1) is 14.9. The van der Waals surface area contributed by atoms with E-state index in [1.807, 2.05) is 0 Å². The molecule has 1 aliphatic heterocycles. The maximum Gasteiger partial charge on any atom is 0.235 e. The van der Waals surface area contributed by atoms with Crippen LogP contribution in [-0.4, -0.2) is 43.3 Å². The molecule has 1 aromatic carbocycles. The summed E-state index contributed by atoms with van der Waals surface area (Å²) in [5, 5.41) is 2.59. The van der Waals surface area contributed by atoms with E-state index in [4.69, 9.17) is 18.0 Å². The minimum atomic E-state index is -3.49. The lowest BCUT2D eigenvalue weighted by atomic mass is 10.1. The SMILES string of the molecule is NC(=S)c1ccc(CS(=O)(=O)N2CCNC(=O)C2)cc1. The van der Waals surface area contributed by atoms with Gasteiger partial charge in [0.1, 0.15) is 4.99 Å². The zero-order chi connectivity index (χ0) is 14.8. The zero-order valence-electron chi connectivity index (χ0n) is 10.7. The fourth-order valence-electron chi connectivity index (χ4n) is 1.92. The van der Waals surface area contributed by atoms with Crippen LogP contribution in [0.4, 0.5) is 0 Å². The Hall–Kier alpha value is -1.51. The molecule has 0 saturated carbocycles. The molecule has 1 aliphatic rings. The van der Waals surface area contributed by atoms with E-state index in [0.29, 0.717) is 24.2 Å². The molecule has 20 heavy (non-hydrogen) atoms. The third-order valence-corrected chi connectivity index (χ3v) is 5.02. The minimum Gasteiger partial charge on any atom is -0.389 e. The van der Waals surface area contributed by atoms with Gasteiger partial charge >= 0.3 is 0 Å². The van der Waals surface area contributed by atoms with Crippen molar-refractivity contribution in [3.8, 4) is 0 Å². The third kappa shape index (κ3) is 3.53. The van der Waals surface area contributed by atoms with E-state index >= 15 is 0 Å². The Morgan fingerprint density at radius 1 is 1.35 bits per heavy atom. The van der Waals surface area contributed by atoms with E-state index in [0.717, 1.165) is 0 Å². The summed E-state index contributed by atoms with van der Waals surface area (Å²) in [4.78, 5) is 11.5. The molecule has 108 valence electrons. The quantitative estimate of drug-likeness (QED) is 0.737. The number of amides is 1. The fourth-order valence-corrected chi connectivity index (χ4v) is 3.54. The van der Waals surface area contributed by atoms with Gasteiger partial charge in [-0.1, -0.05) is 36.5 Å². The number of thiocarbonyl (C=S) groups is 1. The Morgan fingerprint density at radius 2 is 2.00 bits per heavy atom. The molecule has 1 heterocycles. The molecule has 0 aromatic heterocycles. The highest BCUT2D eigenvalue weighted by Crippen LogP contribution is 2.13. The van der Waals surface area contributed by atoms with Crippen molar-refractivity contribution in [1.82, 2.24) is 9.62 Å². The van der Waals surface area contributed by atoms with Crippen molar-refractivity contribution in [1.29, 1.82) is 0 Å². The second-order valence-electron chi connectivity index (χ2n) is 4.50. The number of carbonyl (C=O) groups is 1. The standard InChI is InChI=1S/C12H15N3O3S2/c13-12(19)10-3-1-9(2-4-10)8-20(17,18)15-6-5-14-11(16)7-15/h1-4H,5-8H2,(H2,13,19)(H,14,16). The topological polar surface area (TPSA) is 92.5 Å². The van der Waals surface area contributed by atoms with Gasteiger partial charge in [0.2, 0.25) is 15.9 Å². The summed E-state index contributed by atoms with van der Waals surface area (Å²) in [6.07, 6.45) is 0. The lowest BCUT2D eigenvalue weighted by Gasteiger charge is -2.25. The van der Waals surface area contributed by atoms with Gasteiger partial charge < -0.3 is 11.1 Å². The van der Waals surface area contributed by atoms with Crippen LogP contribution in [0, 0.1) is 0 Å². The second kappa shape index (κ2) is 5.86. The molecule has 1 fully saturated rings. The molecule has 0 unspecified atom stereocenters. The minimum absolute atomic E-state index is 0.118. The monoisotopic (exact) mass is 313 g/mol. The Labute approximate surface area is 123 Å². The van der Waals surface area contributed by atoms with Gasteiger partial charge in [0.15, 0.2) is 0 Å². The van der Waals surface area contributed by atoms with Gasteiger partial charge in [-0.25, -0.2) is 8.42 Å². The molecule has 1 aromatic rings. The average molecular weight is 313 g/mol. The van der Waals surface area contributed by atoms with Gasteiger partial charge in [-0.15, -0.1) is 0 Å². The number of carbonyl (C=O) groups excluding carboxylic acids is 1. The predicted octanol–water partition coefficient (Wildman–Crippen LogP) is -0.418. The van der Waals surface area contributed by atoms with E-state index in [1.165, 1.54) is 4.31 Å². The number of nitrogens with zero attached hydrogens (tertiary/aromatic N) is 1. The number of nitrogens with two attached hydrogens (primary N) is 1. The molecule has 0 atom stereocenters. The third-order valence-electron chi connectivity index (χ3n) is 2.98. The first-order valence-corrected chi connectivity index (χ1v) is 8.03. The predicted molar refractivity (Wildman–Crippen MR) is 79.5 cm³/mol. The van der Waals surface area contributed by atoms with Crippen molar-refractivity contribution in [2.24, 2.45) is 5.73 Å². The number of benzene rings is 1. The Kier molecular flexibility index (Phi) is 4.36. The smallest absolute Gasteiger partial charge is 0.235 e. The van der Waals surface area contributed by atoms with Crippen LogP contribution in [0.2, 0.25) is 0 Å². The lowest BCUT2D eigenvalue weighted by Crippen LogP contribution is -2.50. The first-order chi connectivity index (χ1) is 9.38. The van der Waals surface area contributed by atoms with Crippen LogP contribution in [0.25, 0.3) is 0 Å². The Bertz CT molecular complexity index is 626. The normalized spacial score (nSPS) is 16.7. The molecule has 3 N–H and O–H groups in total. The highest BCUT2D eigenvalue weighted by atomic mass is 32.2. The molecule has 1 saturated heterocycles. The van der Waals surface area contributed by atoms with Crippen LogP contribution in [0.5, 0.6) is 0 Å². The largest absolute Gasteiger partial charge is 0.389 e. The summed E-state index contributed by atoms with van der Waals surface area (Å²) in [5.41, 5.74) is 6.81. The van der Waals surface area contributed by atoms with Crippen molar-refractivity contribution >= 4 is 33.1 Å². The van der Waals surface area contributed by atoms with E-state index in [9.17, 15) is 13.2 Å². The molecule has 6 nitrogen and oxygen atoms in total. The summed E-state index contributed by atoms with van der Waals surface area (Å²) >= 11 is 4.84. The van der Waals surface area contributed by atoms with Gasteiger partial charge in [-0.2, -0.15) is 4.31 Å². The van der Waals surface area contributed by atoms with Gasteiger partial charge in [-0.05, 0) is 5.56 Å². The van der Waals surface area contributed by atoms with Crippen molar-refractivity contribution < 1.29 is 13.2 Å². The number of piperazine rings is 1. The molecule has 2 rings (SSSR count). The average Bonchev–Trinajstić information content (AvgIpc) is 2.39. The molecular weight excluding hydrogens is 298 g/mol. The van der Waals surface area contributed by atoms with Gasteiger partial charge in [-0.3, -0.25) is 4.79 Å². The molecule has 0 spiro atoms. The fraction of sp³-hybridized carbons (Fsp3) is 0.333. The highest BCUT2D eigenvalue weighted by Gasteiger charge is 2.27. The van der Waals surface area contributed by atoms with Crippen LogP contribution >= 0.6 is 12.2 Å². The molecule has 0 bridgehead atoms. The maximum absolute atomic E-state index is 12.2. The van der Waals surface area contributed by atoms with Gasteiger partial charge in [0.25, 0.3) is 0 Å². The van der Waals surface area contributed by atoms with Crippen LogP contribution in [-0.2, 0) is 20.6 Å². The Balaban J connectivity index is 2.11. The molecule has 8 heteroatoms. The number of rotatable bonds is 4. The number of nitrogens with one attached hydrogen (secondary N) is 1. The van der Waals surface area contributed by atoms with E-state index in [-0.39, 0.29) is 23.2 Å². The van der Waals surface area contributed by atoms with E-state index in [1.54, 1.807) is 24.3 Å². The first-order valence-electron chi connectivity index (χ1n) is 6.02. The number of sulfonamides is 1. The Morgan fingerprint density at radius 3 is 2.55 bits per heavy atom. The van der Waals surface area contributed by atoms with Crippen molar-refractivity contribution in [2.45, 2.75) is 5.75 Å². The van der Waals surface area contributed by atoms with E-state index in [2.05, 4.69) is 5.32 Å². The van der Waals surface area contributed by atoms with Crippen LogP contribution in [0.15, 0.2) is 24.3 Å². The summed E-state index contributed by atoms with van der Waals surface area (Å²) < 4.78 is 25.6. The second-order valence-corrected chi connectivity index (χ2v) is 6.91. The number of hydrogen-bond acceptors (Lipinski definition) is 4. The summed E-state index contributed by atoms with van der Waals surface area (Å²) in [5.74, 6) is -0.415. The van der Waals surface area contributed by atoms with Crippen LogP contribution in [0.3, 0.4) is 0 Å². The van der Waals surface area contributed by atoms with Crippen LogP contribution < -0.4 is 11.1 Å². The maximum atomic E-state index is 12.2. The van der Waals surface area contributed by atoms with Crippen molar-refractivity contribution in [3.05, 3.63) is 35.4 Å². The van der Waals surface area contributed by atoms with Crippen molar-refractivity contribution in [3.63, 3.8) is 0 Å². The zero-order valence-corrected chi connectivity index (χ0v) is 12.3. The summed E-state index contributed by atoms with van der Waals surface area (Å²) in [6, 6.07) is 6.73. The van der Waals surface area contributed by atoms with Crippen LogP contribution in [0.1, 0.15) is 11.1 Å². The van der Waals surface area contributed by atoms with E-state index < -0.39 is 10.0 Å². The molecule has 0 radical (unpaired) electrons. The molecule has 0 aliphatic carbocycles.